The molecule has 3 aromatic rings. The third kappa shape index (κ3) is 4.70. The third-order valence-electron chi connectivity index (χ3n) is 5.76. The average molecular weight is 458 g/mol. The summed E-state index contributed by atoms with van der Waals surface area (Å²) in [4.78, 5) is 41.1. The SMILES string of the molecule is CCCc1ccc(N(CCO)C(=O)NCc2cccc(N3C(=O)c4ccccc4C3=O)c2)cc1. The van der Waals surface area contributed by atoms with E-state index in [1.807, 2.05) is 30.3 Å². The summed E-state index contributed by atoms with van der Waals surface area (Å²) in [5, 5.41) is 12.3. The molecule has 0 fully saturated rings. The molecule has 0 aliphatic carbocycles. The number of carbonyl (C=O) groups excluding carboxylic acids is 3. The van der Waals surface area contributed by atoms with Gasteiger partial charge < -0.3 is 10.4 Å². The van der Waals surface area contributed by atoms with Crippen molar-refractivity contribution in [2.24, 2.45) is 0 Å². The van der Waals surface area contributed by atoms with Crippen LogP contribution in [-0.4, -0.2) is 36.1 Å². The van der Waals surface area contributed by atoms with Gasteiger partial charge in [0, 0.05) is 12.2 Å². The molecule has 174 valence electrons. The number of aryl methyl sites for hydroxylation is 1. The summed E-state index contributed by atoms with van der Waals surface area (Å²) in [6.07, 6.45) is 2.01. The van der Waals surface area contributed by atoms with Crippen LogP contribution in [0.4, 0.5) is 16.2 Å². The van der Waals surface area contributed by atoms with Gasteiger partial charge >= 0.3 is 6.03 Å². The summed E-state index contributed by atoms with van der Waals surface area (Å²) >= 11 is 0. The maximum atomic E-state index is 12.9. The van der Waals surface area contributed by atoms with E-state index < -0.39 is 0 Å². The second-order valence-electron chi connectivity index (χ2n) is 8.11. The first kappa shape index (κ1) is 23.2. The van der Waals surface area contributed by atoms with Crippen LogP contribution >= 0.6 is 0 Å². The minimum atomic E-state index is -0.359. The van der Waals surface area contributed by atoms with E-state index in [2.05, 4.69) is 12.2 Å². The van der Waals surface area contributed by atoms with Crippen molar-refractivity contribution >= 4 is 29.2 Å². The predicted octanol–water partition coefficient (Wildman–Crippen LogP) is 4.15. The van der Waals surface area contributed by atoms with Crippen molar-refractivity contribution in [1.29, 1.82) is 0 Å². The van der Waals surface area contributed by atoms with Gasteiger partial charge in [-0.05, 0) is 53.9 Å². The molecule has 2 N–H and O–H groups in total. The summed E-state index contributed by atoms with van der Waals surface area (Å²) < 4.78 is 0. The molecule has 7 nitrogen and oxygen atoms in total. The fraction of sp³-hybridized carbons (Fsp3) is 0.222. The quantitative estimate of drug-likeness (QED) is 0.498. The molecule has 0 saturated heterocycles. The van der Waals surface area contributed by atoms with E-state index in [4.69, 9.17) is 0 Å². The Morgan fingerprint density at radius 2 is 1.59 bits per heavy atom. The van der Waals surface area contributed by atoms with E-state index in [9.17, 15) is 19.5 Å². The van der Waals surface area contributed by atoms with Crippen LogP contribution in [0.15, 0.2) is 72.8 Å². The standard InChI is InChI=1S/C27H27N3O4/c1-2-6-19-11-13-21(14-12-19)29(15-16-31)27(34)28-18-20-7-5-8-22(17-20)30-25(32)23-9-3-4-10-24(23)26(30)33/h3-5,7-14,17,31H,2,6,15-16,18H2,1H3,(H,28,34). The summed E-state index contributed by atoms with van der Waals surface area (Å²) in [7, 11) is 0. The number of anilines is 2. The molecule has 0 radical (unpaired) electrons. The molecular weight excluding hydrogens is 430 g/mol. The molecule has 1 aliphatic rings. The topological polar surface area (TPSA) is 89.9 Å². The highest BCUT2D eigenvalue weighted by atomic mass is 16.3. The van der Waals surface area contributed by atoms with Crippen LogP contribution in [0, 0.1) is 0 Å². The van der Waals surface area contributed by atoms with Gasteiger partial charge in [-0.2, -0.15) is 0 Å². The fourth-order valence-corrected chi connectivity index (χ4v) is 4.08. The minimum absolute atomic E-state index is 0.161. The number of nitrogens with zero attached hydrogens (tertiary/aromatic N) is 2. The van der Waals surface area contributed by atoms with Crippen molar-refractivity contribution in [2.75, 3.05) is 23.0 Å². The van der Waals surface area contributed by atoms with Gasteiger partial charge in [-0.15, -0.1) is 0 Å². The van der Waals surface area contributed by atoms with Crippen LogP contribution in [0.1, 0.15) is 45.2 Å². The fourth-order valence-electron chi connectivity index (χ4n) is 4.08. The zero-order valence-electron chi connectivity index (χ0n) is 19.0. The summed E-state index contributed by atoms with van der Waals surface area (Å²) in [6, 6.07) is 21.1. The molecule has 4 rings (SSSR count). The van der Waals surface area contributed by atoms with Gasteiger partial charge in [0.1, 0.15) is 0 Å². The molecule has 0 unspecified atom stereocenters. The first-order valence-electron chi connectivity index (χ1n) is 11.4. The lowest BCUT2D eigenvalue weighted by atomic mass is 10.1. The highest BCUT2D eigenvalue weighted by Crippen LogP contribution is 2.28. The van der Waals surface area contributed by atoms with Crippen molar-refractivity contribution in [2.45, 2.75) is 26.3 Å². The van der Waals surface area contributed by atoms with Crippen molar-refractivity contribution in [1.82, 2.24) is 5.32 Å². The largest absolute Gasteiger partial charge is 0.395 e. The van der Waals surface area contributed by atoms with Crippen LogP contribution in [0.25, 0.3) is 0 Å². The predicted molar refractivity (Wildman–Crippen MR) is 131 cm³/mol. The number of nitrogens with one attached hydrogen (secondary N) is 1. The molecule has 0 spiro atoms. The van der Waals surface area contributed by atoms with E-state index in [-0.39, 0.29) is 37.5 Å². The van der Waals surface area contributed by atoms with E-state index in [0.717, 1.165) is 23.3 Å². The van der Waals surface area contributed by atoms with E-state index >= 15 is 0 Å². The Hall–Kier alpha value is -3.97. The first-order valence-corrected chi connectivity index (χ1v) is 11.4. The van der Waals surface area contributed by atoms with Crippen LogP contribution < -0.4 is 15.1 Å². The number of hydrogen-bond donors (Lipinski definition) is 2. The zero-order valence-corrected chi connectivity index (χ0v) is 19.0. The Labute approximate surface area is 198 Å². The van der Waals surface area contributed by atoms with Gasteiger partial charge in [0.05, 0.1) is 30.0 Å². The molecular formula is C27H27N3O4. The molecule has 0 saturated carbocycles. The molecule has 1 heterocycles. The molecule has 7 heteroatoms. The van der Waals surface area contributed by atoms with Crippen molar-refractivity contribution in [3.05, 3.63) is 95.1 Å². The molecule has 0 atom stereocenters. The Kier molecular flexibility index (Phi) is 7.04. The number of hydrogen-bond acceptors (Lipinski definition) is 4. The van der Waals surface area contributed by atoms with Gasteiger partial charge in [0.2, 0.25) is 0 Å². The van der Waals surface area contributed by atoms with Crippen LogP contribution in [-0.2, 0) is 13.0 Å². The van der Waals surface area contributed by atoms with Crippen LogP contribution in [0.2, 0.25) is 0 Å². The maximum absolute atomic E-state index is 12.9. The second kappa shape index (κ2) is 10.3. The molecule has 4 amide bonds. The number of urea groups is 1. The summed E-state index contributed by atoms with van der Waals surface area (Å²) in [5.41, 5.74) is 3.86. The number of carbonyl (C=O) groups is 3. The van der Waals surface area contributed by atoms with Crippen LogP contribution in [0.3, 0.4) is 0 Å². The Morgan fingerprint density at radius 1 is 0.912 bits per heavy atom. The van der Waals surface area contributed by atoms with Crippen molar-refractivity contribution in [3.63, 3.8) is 0 Å². The van der Waals surface area contributed by atoms with E-state index in [1.165, 1.54) is 10.5 Å². The number of rotatable bonds is 8. The summed E-state index contributed by atoms with van der Waals surface area (Å²) in [6.45, 7) is 2.31. The van der Waals surface area contributed by atoms with Gasteiger partial charge in [-0.3, -0.25) is 14.5 Å². The first-order chi connectivity index (χ1) is 16.5. The molecule has 3 aromatic carbocycles. The third-order valence-corrected chi connectivity index (χ3v) is 5.76. The molecule has 34 heavy (non-hydrogen) atoms. The molecule has 0 aromatic heterocycles. The number of amides is 4. The van der Waals surface area contributed by atoms with Crippen LogP contribution in [0.5, 0.6) is 0 Å². The van der Waals surface area contributed by atoms with Crippen molar-refractivity contribution in [3.8, 4) is 0 Å². The second-order valence-corrected chi connectivity index (χ2v) is 8.11. The molecule has 1 aliphatic heterocycles. The Balaban J connectivity index is 1.46. The number of aliphatic hydroxyl groups is 1. The number of fused-ring (bicyclic) bond motifs is 1. The highest BCUT2D eigenvalue weighted by molar-refractivity contribution is 6.34. The average Bonchev–Trinajstić information content (AvgIpc) is 3.12. The highest BCUT2D eigenvalue weighted by Gasteiger charge is 2.36. The lowest BCUT2D eigenvalue weighted by Gasteiger charge is -2.23. The van der Waals surface area contributed by atoms with E-state index in [0.29, 0.717) is 22.5 Å². The van der Waals surface area contributed by atoms with Gasteiger partial charge in [-0.1, -0.05) is 49.7 Å². The lowest BCUT2D eigenvalue weighted by Crippen LogP contribution is -2.41. The maximum Gasteiger partial charge on any atom is 0.322 e. The summed E-state index contributed by atoms with van der Waals surface area (Å²) in [5.74, 6) is -0.718. The number of benzene rings is 3. The number of aliphatic hydroxyl groups excluding tert-OH is 1. The van der Waals surface area contributed by atoms with Gasteiger partial charge in [0.25, 0.3) is 11.8 Å². The zero-order chi connectivity index (χ0) is 24.1. The number of imide groups is 1. The molecule has 0 bridgehead atoms. The van der Waals surface area contributed by atoms with Crippen molar-refractivity contribution < 1.29 is 19.5 Å². The van der Waals surface area contributed by atoms with Gasteiger partial charge in [-0.25, -0.2) is 9.69 Å². The lowest BCUT2D eigenvalue weighted by molar-refractivity contribution is 0.0926. The monoisotopic (exact) mass is 457 g/mol. The minimum Gasteiger partial charge on any atom is -0.395 e. The Morgan fingerprint density at radius 3 is 2.21 bits per heavy atom. The smallest absolute Gasteiger partial charge is 0.322 e. The van der Waals surface area contributed by atoms with Gasteiger partial charge in [0.15, 0.2) is 0 Å². The van der Waals surface area contributed by atoms with E-state index in [1.54, 1.807) is 42.5 Å². The normalized spacial score (nSPS) is 12.6. The Bertz CT molecular complexity index is 1170.